The lowest BCUT2D eigenvalue weighted by Crippen LogP contribution is -2.37. The van der Waals surface area contributed by atoms with Crippen LogP contribution < -0.4 is 5.32 Å². The third kappa shape index (κ3) is 2.83. The largest absolute Gasteiger partial charge is 0.317 e. The summed E-state index contributed by atoms with van der Waals surface area (Å²) in [6.45, 7) is 9.97. The monoisotopic (exact) mass is 237 g/mol. The van der Waals surface area contributed by atoms with Gasteiger partial charge in [0.1, 0.15) is 0 Å². The maximum atomic E-state index is 3.50. The second-order valence-electron chi connectivity index (χ2n) is 6.13. The van der Waals surface area contributed by atoms with E-state index in [1.165, 1.54) is 58.4 Å². The molecule has 1 aliphatic carbocycles. The van der Waals surface area contributed by atoms with Gasteiger partial charge in [-0.1, -0.05) is 6.92 Å². The Kier molecular flexibility index (Phi) is 3.69. The zero-order chi connectivity index (χ0) is 11.7. The first-order chi connectivity index (χ1) is 8.36. The molecule has 2 aliphatic heterocycles. The quantitative estimate of drug-likeness (QED) is 0.774. The Morgan fingerprint density at radius 1 is 0.941 bits per heavy atom. The molecule has 3 rings (SSSR count). The van der Waals surface area contributed by atoms with E-state index in [1.807, 2.05) is 0 Å². The van der Waals surface area contributed by atoms with Crippen molar-refractivity contribution in [2.24, 2.45) is 5.92 Å². The van der Waals surface area contributed by atoms with Gasteiger partial charge in [-0.25, -0.2) is 0 Å². The van der Waals surface area contributed by atoms with Crippen molar-refractivity contribution in [3.05, 3.63) is 0 Å². The van der Waals surface area contributed by atoms with Crippen molar-refractivity contribution >= 4 is 0 Å². The molecule has 3 fully saturated rings. The normalized spacial score (nSPS) is 35.8. The van der Waals surface area contributed by atoms with Gasteiger partial charge in [-0.05, 0) is 51.2 Å². The maximum absolute atomic E-state index is 3.50. The van der Waals surface area contributed by atoms with Crippen molar-refractivity contribution in [2.45, 2.75) is 44.7 Å². The molecule has 0 aromatic rings. The highest BCUT2D eigenvalue weighted by molar-refractivity contribution is 4.94. The average molecular weight is 237 g/mol. The predicted octanol–water partition coefficient (Wildman–Crippen LogP) is 1.15. The molecule has 2 atom stereocenters. The summed E-state index contributed by atoms with van der Waals surface area (Å²) >= 11 is 0. The van der Waals surface area contributed by atoms with Crippen LogP contribution in [0, 0.1) is 5.92 Å². The average Bonchev–Trinajstić information content (AvgIpc) is 2.92. The van der Waals surface area contributed by atoms with Crippen LogP contribution in [0.2, 0.25) is 0 Å². The lowest BCUT2D eigenvalue weighted by atomic mass is 10.1. The zero-order valence-electron chi connectivity index (χ0n) is 11.2. The van der Waals surface area contributed by atoms with Gasteiger partial charge in [-0.15, -0.1) is 0 Å². The summed E-state index contributed by atoms with van der Waals surface area (Å²) in [6.07, 6.45) is 5.77. The third-order valence-corrected chi connectivity index (χ3v) is 4.77. The minimum atomic E-state index is 0.877. The molecule has 3 heteroatoms. The molecule has 2 unspecified atom stereocenters. The van der Waals surface area contributed by atoms with E-state index in [0.717, 1.165) is 24.5 Å². The molecule has 2 heterocycles. The number of likely N-dealkylation sites (tertiary alicyclic amines) is 2. The van der Waals surface area contributed by atoms with Crippen molar-refractivity contribution in [3.8, 4) is 0 Å². The van der Waals surface area contributed by atoms with Crippen LogP contribution in [0.4, 0.5) is 0 Å². The van der Waals surface area contributed by atoms with Crippen molar-refractivity contribution < 1.29 is 0 Å². The molecule has 3 nitrogen and oxygen atoms in total. The Hall–Kier alpha value is -0.120. The van der Waals surface area contributed by atoms with Gasteiger partial charge in [0, 0.05) is 31.7 Å². The Bertz CT molecular complexity index is 252. The number of hydrogen-bond acceptors (Lipinski definition) is 3. The standard InChI is InChI=1S/C14H27N3/c1-2-15-9-12-5-7-16(10-12)14-6-8-17(11-14)13-3-4-13/h12-15H,2-11H2,1H3. The van der Waals surface area contributed by atoms with Crippen LogP contribution in [-0.4, -0.2) is 61.2 Å². The number of hydrogen-bond donors (Lipinski definition) is 1. The van der Waals surface area contributed by atoms with E-state index in [4.69, 9.17) is 0 Å². The Morgan fingerprint density at radius 3 is 2.47 bits per heavy atom. The second-order valence-corrected chi connectivity index (χ2v) is 6.13. The predicted molar refractivity (Wildman–Crippen MR) is 71.2 cm³/mol. The molecule has 0 radical (unpaired) electrons. The van der Waals surface area contributed by atoms with Crippen LogP contribution in [0.1, 0.15) is 32.6 Å². The molecular formula is C14H27N3. The molecule has 0 amide bonds. The molecule has 0 aromatic carbocycles. The summed E-state index contributed by atoms with van der Waals surface area (Å²) in [5.74, 6) is 0.907. The van der Waals surface area contributed by atoms with Gasteiger partial charge in [0.25, 0.3) is 0 Å². The first-order valence-electron chi connectivity index (χ1n) is 7.55. The molecule has 0 bridgehead atoms. The summed E-state index contributed by atoms with van der Waals surface area (Å²) < 4.78 is 0. The maximum Gasteiger partial charge on any atom is 0.0235 e. The van der Waals surface area contributed by atoms with Crippen molar-refractivity contribution in [1.29, 1.82) is 0 Å². The lowest BCUT2D eigenvalue weighted by Gasteiger charge is -2.24. The molecule has 17 heavy (non-hydrogen) atoms. The first-order valence-corrected chi connectivity index (χ1v) is 7.55. The van der Waals surface area contributed by atoms with Crippen LogP contribution in [0.5, 0.6) is 0 Å². The number of rotatable bonds is 5. The minimum absolute atomic E-state index is 0.877. The highest BCUT2D eigenvalue weighted by Crippen LogP contribution is 2.32. The van der Waals surface area contributed by atoms with Gasteiger partial charge >= 0.3 is 0 Å². The highest BCUT2D eigenvalue weighted by atomic mass is 15.3. The smallest absolute Gasteiger partial charge is 0.0235 e. The topological polar surface area (TPSA) is 18.5 Å². The molecule has 1 saturated carbocycles. The fraction of sp³-hybridized carbons (Fsp3) is 1.00. The molecular weight excluding hydrogens is 210 g/mol. The molecule has 3 aliphatic rings. The van der Waals surface area contributed by atoms with Gasteiger partial charge in [0.05, 0.1) is 0 Å². The summed E-state index contributed by atoms with van der Waals surface area (Å²) in [5, 5.41) is 3.50. The van der Waals surface area contributed by atoms with E-state index in [0.29, 0.717) is 0 Å². The van der Waals surface area contributed by atoms with Crippen LogP contribution in [0.25, 0.3) is 0 Å². The van der Waals surface area contributed by atoms with E-state index in [9.17, 15) is 0 Å². The lowest BCUT2D eigenvalue weighted by molar-refractivity contribution is 0.222. The Labute approximate surface area is 106 Å². The van der Waals surface area contributed by atoms with Gasteiger partial charge < -0.3 is 5.32 Å². The van der Waals surface area contributed by atoms with Crippen LogP contribution in [-0.2, 0) is 0 Å². The summed E-state index contributed by atoms with van der Waals surface area (Å²) in [6, 6.07) is 1.85. The van der Waals surface area contributed by atoms with Gasteiger partial charge in [0.15, 0.2) is 0 Å². The molecule has 2 saturated heterocycles. The molecule has 1 N–H and O–H groups in total. The SMILES string of the molecule is CCNCC1CCN(C2CCN(C3CC3)C2)C1. The Morgan fingerprint density at radius 2 is 1.71 bits per heavy atom. The van der Waals surface area contributed by atoms with Crippen LogP contribution in [0.3, 0.4) is 0 Å². The highest BCUT2D eigenvalue weighted by Gasteiger charge is 2.38. The van der Waals surface area contributed by atoms with Crippen molar-refractivity contribution in [1.82, 2.24) is 15.1 Å². The number of nitrogens with zero attached hydrogens (tertiary/aromatic N) is 2. The van der Waals surface area contributed by atoms with Gasteiger partial charge in [-0.3, -0.25) is 9.80 Å². The zero-order valence-corrected chi connectivity index (χ0v) is 11.2. The van der Waals surface area contributed by atoms with E-state index in [1.54, 1.807) is 0 Å². The van der Waals surface area contributed by atoms with Crippen molar-refractivity contribution in [2.75, 3.05) is 39.3 Å². The molecule has 0 aromatic heterocycles. The minimum Gasteiger partial charge on any atom is -0.317 e. The Balaban J connectivity index is 1.43. The summed E-state index contributed by atoms with van der Waals surface area (Å²) in [5.41, 5.74) is 0. The fourth-order valence-electron chi connectivity index (χ4n) is 3.55. The van der Waals surface area contributed by atoms with Crippen LogP contribution in [0.15, 0.2) is 0 Å². The van der Waals surface area contributed by atoms with Gasteiger partial charge in [0.2, 0.25) is 0 Å². The van der Waals surface area contributed by atoms with Crippen LogP contribution >= 0.6 is 0 Å². The summed E-state index contributed by atoms with van der Waals surface area (Å²) in [4.78, 5) is 5.51. The second kappa shape index (κ2) is 5.25. The van der Waals surface area contributed by atoms with Crippen molar-refractivity contribution in [3.63, 3.8) is 0 Å². The molecule has 0 spiro atoms. The first kappa shape index (κ1) is 11.9. The number of nitrogens with one attached hydrogen (secondary N) is 1. The third-order valence-electron chi connectivity index (χ3n) is 4.77. The van der Waals surface area contributed by atoms with E-state index < -0.39 is 0 Å². The van der Waals surface area contributed by atoms with E-state index >= 15 is 0 Å². The molecule has 98 valence electrons. The fourth-order valence-corrected chi connectivity index (χ4v) is 3.55. The van der Waals surface area contributed by atoms with Gasteiger partial charge in [-0.2, -0.15) is 0 Å². The summed E-state index contributed by atoms with van der Waals surface area (Å²) in [7, 11) is 0. The van der Waals surface area contributed by atoms with E-state index in [2.05, 4.69) is 22.0 Å². The van der Waals surface area contributed by atoms with E-state index in [-0.39, 0.29) is 0 Å².